The molecule has 2 aliphatic heterocycles. The van der Waals surface area contributed by atoms with Crippen molar-refractivity contribution < 1.29 is 9.21 Å². The first-order valence-electron chi connectivity index (χ1n) is 10.6. The largest absolute Gasteiger partial charge is 0.455 e. The minimum Gasteiger partial charge on any atom is -0.455 e. The van der Waals surface area contributed by atoms with E-state index in [4.69, 9.17) is 4.42 Å². The molecular weight excluding hydrogens is 382 g/mol. The van der Waals surface area contributed by atoms with Crippen LogP contribution in [0.15, 0.2) is 40.8 Å². The summed E-state index contributed by atoms with van der Waals surface area (Å²) in [5.74, 6) is 2.21. The predicted molar refractivity (Wildman–Crippen MR) is 120 cm³/mol. The fourth-order valence-corrected chi connectivity index (χ4v) is 4.99. The highest BCUT2D eigenvalue weighted by Gasteiger charge is 2.31. The normalized spacial score (nSPS) is 20.8. The van der Waals surface area contributed by atoms with Crippen LogP contribution in [0, 0.1) is 6.92 Å². The number of para-hydroxylation sites is 1. The number of piperidine rings is 1. The van der Waals surface area contributed by atoms with Crippen LogP contribution in [0.2, 0.25) is 0 Å². The second-order valence-corrected chi connectivity index (χ2v) is 8.92. The van der Waals surface area contributed by atoms with E-state index in [9.17, 15) is 4.79 Å². The molecule has 0 radical (unpaired) electrons. The molecule has 1 aromatic heterocycles. The summed E-state index contributed by atoms with van der Waals surface area (Å²) in [6, 6.07) is 12.8. The molecule has 156 valence electrons. The maximum Gasteiger partial charge on any atom is 0.289 e. The minimum absolute atomic E-state index is 0.0422. The highest BCUT2D eigenvalue weighted by atomic mass is 32.2. The van der Waals surface area contributed by atoms with Gasteiger partial charge in [-0.25, -0.2) is 0 Å². The molecule has 0 spiro atoms. The topological polar surface area (TPSA) is 39.9 Å². The molecule has 2 saturated heterocycles. The average molecular weight is 414 g/mol. The molecule has 4 rings (SSSR count). The van der Waals surface area contributed by atoms with Gasteiger partial charge in [0.1, 0.15) is 5.76 Å². The number of amides is 1. The summed E-state index contributed by atoms with van der Waals surface area (Å²) in [4.78, 5) is 20.0. The third kappa shape index (κ3) is 4.64. The van der Waals surface area contributed by atoms with Gasteiger partial charge in [-0.2, -0.15) is 11.8 Å². The van der Waals surface area contributed by atoms with Crippen molar-refractivity contribution in [2.75, 3.05) is 50.4 Å². The number of likely N-dealkylation sites (tertiary alicyclic amines) is 1. The number of thioether (sulfide) groups is 1. The van der Waals surface area contributed by atoms with E-state index in [1.807, 2.05) is 23.3 Å². The van der Waals surface area contributed by atoms with E-state index in [1.54, 1.807) is 11.8 Å². The van der Waals surface area contributed by atoms with Gasteiger partial charge in [0.2, 0.25) is 0 Å². The van der Waals surface area contributed by atoms with E-state index >= 15 is 0 Å². The number of anilines is 1. The van der Waals surface area contributed by atoms with Gasteiger partial charge in [-0.1, -0.05) is 18.2 Å². The third-order valence-corrected chi connectivity index (χ3v) is 6.70. The first-order valence-corrected chi connectivity index (χ1v) is 12.0. The summed E-state index contributed by atoms with van der Waals surface area (Å²) >= 11 is 1.70. The molecule has 0 bridgehead atoms. The van der Waals surface area contributed by atoms with E-state index in [2.05, 4.69) is 41.0 Å². The van der Waals surface area contributed by atoms with Gasteiger partial charge in [0.25, 0.3) is 5.91 Å². The lowest BCUT2D eigenvalue weighted by Crippen LogP contribution is -2.56. The van der Waals surface area contributed by atoms with Crippen LogP contribution in [0.1, 0.15) is 34.7 Å². The van der Waals surface area contributed by atoms with Crippen LogP contribution in [-0.4, -0.2) is 67.3 Å². The van der Waals surface area contributed by atoms with E-state index in [0.717, 1.165) is 57.2 Å². The van der Waals surface area contributed by atoms with Gasteiger partial charge in [-0.05, 0) is 49.8 Å². The van der Waals surface area contributed by atoms with Crippen molar-refractivity contribution in [1.29, 1.82) is 0 Å². The molecule has 5 nitrogen and oxygen atoms in total. The van der Waals surface area contributed by atoms with Gasteiger partial charge in [-0.3, -0.25) is 9.69 Å². The predicted octanol–water partition coefficient (Wildman–Crippen LogP) is 3.88. The Balaban J connectivity index is 1.34. The van der Waals surface area contributed by atoms with Crippen LogP contribution in [0.5, 0.6) is 0 Å². The molecule has 0 aliphatic carbocycles. The number of nitrogens with zero attached hydrogens (tertiary/aromatic N) is 3. The fourth-order valence-electron chi connectivity index (χ4n) is 4.55. The Bertz CT molecular complexity index is 829. The number of benzene rings is 1. The maximum atomic E-state index is 12.9. The van der Waals surface area contributed by atoms with Crippen LogP contribution < -0.4 is 4.90 Å². The van der Waals surface area contributed by atoms with Crippen LogP contribution in [-0.2, 0) is 5.75 Å². The monoisotopic (exact) mass is 413 g/mol. The quantitative estimate of drug-likeness (QED) is 0.744. The molecule has 6 heteroatoms. The Morgan fingerprint density at radius 3 is 2.66 bits per heavy atom. The van der Waals surface area contributed by atoms with E-state index in [-0.39, 0.29) is 5.91 Å². The highest BCUT2D eigenvalue weighted by molar-refractivity contribution is 7.97. The maximum absolute atomic E-state index is 12.9. The van der Waals surface area contributed by atoms with Crippen LogP contribution >= 0.6 is 11.8 Å². The Morgan fingerprint density at radius 2 is 1.90 bits per heavy atom. The van der Waals surface area contributed by atoms with Gasteiger partial charge in [0.05, 0.1) is 5.75 Å². The summed E-state index contributed by atoms with van der Waals surface area (Å²) in [6.07, 6.45) is 4.27. The lowest BCUT2D eigenvalue weighted by Gasteiger charge is -2.44. The number of hydrogen-bond acceptors (Lipinski definition) is 5. The number of carbonyl (C=O) groups excluding carboxylic acids is 1. The lowest BCUT2D eigenvalue weighted by molar-refractivity contribution is 0.0534. The van der Waals surface area contributed by atoms with Crippen molar-refractivity contribution in [3.8, 4) is 0 Å². The van der Waals surface area contributed by atoms with Crippen LogP contribution in [0.3, 0.4) is 0 Å². The molecule has 29 heavy (non-hydrogen) atoms. The first-order chi connectivity index (χ1) is 14.2. The van der Waals surface area contributed by atoms with Gasteiger partial charge >= 0.3 is 0 Å². The third-order valence-electron chi connectivity index (χ3n) is 6.13. The number of carbonyl (C=O) groups is 1. The van der Waals surface area contributed by atoms with E-state index < -0.39 is 0 Å². The number of piperazine rings is 1. The summed E-state index contributed by atoms with van der Waals surface area (Å²) < 4.78 is 5.76. The van der Waals surface area contributed by atoms with Crippen molar-refractivity contribution in [3.05, 3.63) is 53.5 Å². The second kappa shape index (κ2) is 9.26. The zero-order valence-corrected chi connectivity index (χ0v) is 18.3. The number of furan rings is 1. The fraction of sp³-hybridized carbons (Fsp3) is 0.522. The van der Waals surface area contributed by atoms with Gasteiger partial charge in [0.15, 0.2) is 5.76 Å². The number of hydrogen-bond donors (Lipinski definition) is 0. The molecule has 0 N–H and O–H groups in total. The summed E-state index contributed by atoms with van der Waals surface area (Å²) in [7, 11) is 0. The second-order valence-electron chi connectivity index (χ2n) is 8.06. The minimum atomic E-state index is 0.0422. The molecule has 3 heterocycles. The molecule has 0 saturated carbocycles. The molecule has 1 unspecified atom stereocenters. The lowest BCUT2D eigenvalue weighted by atomic mass is 10.0. The summed E-state index contributed by atoms with van der Waals surface area (Å²) in [5, 5.41) is 0. The van der Waals surface area contributed by atoms with Crippen LogP contribution in [0.25, 0.3) is 0 Å². The Morgan fingerprint density at radius 1 is 1.10 bits per heavy atom. The molecular formula is C23H31N3O2S. The number of rotatable bonds is 5. The van der Waals surface area contributed by atoms with Crippen molar-refractivity contribution in [2.24, 2.45) is 0 Å². The molecule has 2 fully saturated rings. The summed E-state index contributed by atoms with van der Waals surface area (Å²) in [5.41, 5.74) is 2.70. The summed E-state index contributed by atoms with van der Waals surface area (Å²) in [6.45, 7) is 8.03. The van der Waals surface area contributed by atoms with Gasteiger partial charge in [0, 0.05) is 51.0 Å². The molecule has 2 aromatic rings. The molecule has 1 aromatic carbocycles. The average Bonchev–Trinajstić information content (AvgIpc) is 3.23. The van der Waals surface area contributed by atoms with Crippen molar-refractivity contribution in [2.45, 2.75) is 31.6 Å². The Hall–Kier alpha value is -1.92. The zero-order chi connectivity index (χ0) is 20.2. The van der Waals surface area contributed by atoms with Crippen molar-refractivity contribution in [1.82, 2.24) is 9.80 Å². The van der Waals surface area contributed by atoms with Gasteiger partial charge in [-0.15, -0.1) is 0 Å². The van der Waals surface area contributed by atoms with E-state index in [1.165, 1.54) is 17.7 Å². The molecule has 2 aliphatic rings. The highest BCUT2D eigenvalue weighted by Crippen LogP contribution is 2.24. The Labute approximate surface area is 178 Å². The first kappa shape index (κ1) is 20.4. The van der Waals surface area contributed by atoms with Gasteiger partial charge < -0.3 is 14.2 Å². The van der Waals surface area contributed by atoms with Crippen molar-refractivity contribution >= 4 is 23.4 Å². The standard InChI is InChI=1S/C23H31N3O2S/c1-18-6-3-4-8-21(18)25-14-12-24(13-15-25)19-7-5-11-26(16-19)23(27)22-10-9-20(28-22)17-29-2/h3-4,6,8-10,19H,5,7,11-17H2,1-2H3. The molecule has 1 amide bonds. The van der Waals surface area contributed by atoms with Crippen molar-refractivity contribution in [3.63, 3.8) is 0 Å². The zero-order valence-electron chi connectivity index (χ0n) is 17.5. The van der Waals surface area contributed by atoms with Crippen LogP contribution in [0.4, 0.5) is 5.69 Å². The van der Waals surface area contributed by atoms with E-state index in [0.29, 0.717) is 11.8 Å². The SMILES string of the molecule is CSCc1ccc(C(=O)N2CCCC(N3CCN(c4ccccc4C)CC3)C2)o1. The smallest absolute Gasteiger partial charge is 0.289 e. The number of aryl methyl sites for hydroxylation is 1. The molecule has 1 atom stereocenters. The Kier molecular flexibility index (Phi) is 6.50.